The van der Waals surface area contributed by atoms with Crippen molar-refractivity contribution in [3.63, 3.8) is 0 Å². The van der Waals surface area contributed by atoms with Crippen LogP contribution >= 0.6 is 34.3 Å². The van der Waals surface area contributed by atoms with E-state index in [-0.39, 0.29) is 5.91 Å². The van der Waals surface area contributed by atoms with Gasteiger partial charge in [-0.15, -0.1) is 11.3 Å². The van der Waals surface area contributed by atoms with Gasteiger partial charge in [0, 0.05) is 11.4 Å². The Labute approximate surface area is 124 Å². The van der Waals surface area contributed by atoms with E-state index in [0.717, 1.165) is 9.21 Å². The summed E-state index contributed by atoms with van der Waals surface area (Å²) in [5.74, 6) is -0.0290. The molecule has 0 saturated heterocycles. The van der Waals surface area contributed by atoms with E-state index in [1.54, 1.807) is 11.8 Å². The smallest absolute Gasteiger partial charge is 0.266 e. The quantitative estimate of drug-likeness (QED) is 0.940. The number of aryl methyl sites for hydroxylation is 1. The van der Waals surface area contributed by atoms with Crippen molar-refractivity contribution >= 4 is 45.3 Å². The molecule has 0 aliphatic heterocycles. The predicted molar refractivity (Wildman–Crippen MR) is 81.0 cm³/mol. The van der Waals surface area contributed by atoms with Gasteiger partial charge in [0.2, 0.25) is 0 Å². The topological polar surface area (TPSA) is 59.2 Å². The standard InChI is InChI=1S/C12H14ClN3OS2/c1-3-16(6-8-4-5-9(13)18-8)11(17)10-7(2)15-12(14)19-10/h4-5H,3,6H2,1-2H3,(H2,14,15). The lowest BCUT2D eigenvalue weighted by molar-refractivity contribution is 0.0758. The number of hydrogen-bond donors (Lipinski definition) is 1. The van der Waals surface area contributed by atoms with E-state index in [1.807, 2.05) is 19.1 Å². The molecule has 0 atom stereocenters. The molecule has 2 rings (SSSR count). The van der Waals surface area contributed by atoms with Crippen LogP contribution in [0.4, 0.5) is 5.13 Å². The molecule has 0 aliphatic rings. The summed E-state index contributed by atoms with van der Waals surface area (Å²) in [6.07, 6.45) is 0. The maximum absolute atomic E-state index is 12.4. The van der Waals surface area contributed by atoms with Crippen LogP contribution < -0.4 is 5.73 Å². The molecule has 0 bridgehead atoms. The molecule has 4 nitrogen and oxygen atoms in total. The molecule has 0 saturated carbocycles. The van der Waals surface area contributed by atoms with Crippen LogP contribution in [0, 0.1) is 6.92 Å². The summed E-state index contributed by atoms with van der Waals surface area (Å²) in [5.41, 5.74) is 6.33. The van der Waals surface area contributed by atoms with E-state index >= 15 is 0 Å². The first-order valence-electron chi connectivity index (χ1n) is 5.77. The highest BCUT2D eigenvalue weighted by atomic mass is 35.5. The lowest BCUT2D eigenvalue weighted by Crippen LogP contribution is -2.29. The average molecular weight is 316 g/mol. The van der Waals surface area contributed by atoms with E-state index in [0.29, 0.717) is 28.8 Å². The summed E-state index contributed by atoms with van der Waals surface area (Å²) in [5, 5.41) is 0.427. The molecule has 7 heteroatoms. The van der Waals surface area contributed by atoms with Crippen molar-refractivity contribution in [2.24, 2.45) is 0 Å². The third-order valence-corrected chi connectivity index (χ3v) is 4.84. The highest BCUT2D eigenvalue weighted by molar-refractivity contribution is 7.17. The Morgan fingerprint density at radius 3 is 2.68 bits per heavy atom. The zero-order valence-electron chi connectivity index (χ0n) is 10.6. The van der Waals surface area contributed by atoms with Gasteiger partial charge in [-0.2, -0.15) is 0 Å². The van der Waals surface area contributed by atoms with Crippen LogP contribution in [-0.4, -0.2) is 22.3 Å². The Hall–Kier alpha value is -1.11. The van der Waals surface area contributed by atoms with E-state index in [9.17, 15) is 4.79 Å². The second-order valence-corrected chi connectivity index (χ2v) is 6.82. The van der Waals surface area contributed by atoms with Crippen molar-refractivity contribution in [3.05, 3.63) is 31.9 Å². The molecule has 2 aromatic heterocycles. The SMILES string of the molecule is CCN(Cc1ccc(Cl)s1)C(=O)c1sc(N)nc1C. The van der Waals surface area contributed by atoms with Gasteiger partial charge in [-0.3, -0.25) is 4.79 Å². The van der Waals surface area contributed by atoms with E-state index in [2.05, 4.69) is 4.98 Å². The van der Waals surface area contributed by atoms with Crippen LogP contribution in [-0.2, 0) is 6.54 Å². The zero-order chi connectivity index (χ0) is 14.0. The number of thiophene rings is 1. The summed E-state index contributed by atoms with van der Waals surface area (Å²) in [6.45, 7) is 4.94. The molecule has 0 fully saturated rings. The molecule has 0 spiro atoms. The minimum Gasteiger partial charge on any atom is -0.375 e. The maximum atomic E-state index is 12.4. The van der Waals surface area contributed by atoms with Crippen LogP contribution in [0.15, 0.2) is 12.1 Å². The van der Waals surface area contributed by atoms with Gasteiger partial charge < -0.3 is 10.6 Å². The number of rotatable bonds is 4. The second kappa shape index (κ2) is 5.90. The fourth-order valence-electron chi connectivity index (χ4n) is 1.71. The molecule has 0 aliphatic carbocycles. The van der Waals surface area contributed by atoms with Gasteiger partial charge in [0.1, 0.15) is 4.88 Å². The summed E-state index contributed by atoms with van der Waals surface area (Å²) in [4.78, 5) is 20.0. The summed E-state index contributed by atoms with van der Waals surface area (Å²) < 4.78 is 0.733. The number of carbonyl (C=O) groups excluding carboxylic acids is 1. The minimum absolute atomic E-state index is 0.0290. The van der Waals surface area contributed by atoms with Gasteiger partial charge >= 0.3 is 0 Å². The molecule has 0 unspecified atom stereocenters. The number of nitrogens with zero attached hydrogens (tertiary/aromatic N) is 2. The number of hydrogen-bond acceptors (Lipinski definition) is 5. The van der Waals surface area contributed by atoms with Crippen LogP contribution in [0.5, 0.6) is 0 Å². The van der Waals surface area contributed by atoms with Gasteiger partial charge in [0.25, 0.3) is 5.91 Å². The van der Waals surface area contributed by atoms with Crippen molar-refractivity contribution in [2.75, 3.05) is 12.3 Å². The molecule has 2 aromatic rings. The molecule has 2 heterocycles. The number of thiazole rings is 1. The monoisotopic (exact) mass is 315 g/mol. The zero-order valence-corrected chi connectivity index (χ0v) is 13.0. The van der Waals surface area contributed by atoms with Gasteiger partial charge in [-0.1, -0.05) is 22.9 Å². The summed E-state index contributed by atoms with van der Waals surface area (Å²) in [7, 11) is 0. The third kappa shape index (κ3) is 3.26. The fraction of sp³-hybridized carbons (Fsp3) is 0.333. The summed E-state index contributed by atoms with van der Waals surface area (Å²) in [6, 6.07) is 3.78. The first-order valence-corrected chi connectivity index (χ1v) is 7.78. The van der Waals surface area contributed by atoms with Crippen molar-refractivity contribution in [1.82, 2.24) is 9.88 Å². The third-order valence-electron chi connectivity index (χ3n) is 2.65. The van der Waals surface area contributed by atoms with E-state index < -0.39 is 0 Å². The highest BCUT2D eigenvalue weighted by Gasteiger charge is 2.20. The molecule has 0 aromatic carbocycles. The average Bonchev–Trinajstić information content (AvgIpc) is 2.91. The molecule has 2 N–H and O–H groups in total. The van der Waals surface area contributed by atoms with Gasteiger partial charge in [-0.05, 0) is 26.0 Å². The largest absolute Gasteiger partial charge is 0.375 e. The fourth-order valence-corrected chi connectivity index (χ4v) is 3.62. The number of nitrogens with two attached hydrogens (primary N) is 1. The molecule has 19 heavy (non-hydrogen) atoms. The normalized spacial score (nSPS) is 10.7. The number of halogens is 1. The lowest BCUT2D eigenvalue weighted by Gasteiger charge is -2.19. The Kier molecular flexibility index (Phi) is 4.44. The molecule has 1 amide bonds. The first-order chi connectivity index (χ1) is 9.01. The molecular formula is C12H14ClN3OS2. The maximum Gasteiger partial charge on any atom is 0.266 e. The highest BCUT2D eigenvalue weighted by Crippen LogP contribution is 2.25. The number of carbonyl (C=O) groups is 1. The van der Waals surface area contributed by atoms with Crippen LogP contribution in [0.25, 0.3) is 0 Å². The van der Waals surface area contributed by atoms with Gasteiger partial charge in [0.05, 0.1) is 16.6 Å². The Balaban J connectivity index is 2.17. The predicted octanol–water partition coefficient (Wildman–Crippen LogP) is 3.41. The van der Waals surface area contributed by atoms with Crippen molar-refractivity contribution in [2.45, 2.75) is 20.4 Å². The van der Waals surface area contributed by atoms with E-state index in [4.69, 9.17) is 17.3 Å². The van der Waals surface area contributed by atoms with Crippen LogP contribution in [0.1, 0.15) is 27.2 Å². The van der Waals surface area contributed by atoms with Crippen molar-refractivity contribution in [3.8, 4) is 0 Å². The number of amides is 1. The van der Waals surface area contributed by atoms with Crippen LogP contribution in [0.2, 0.25) is 4.34 Å². The first kappa shape index (κ1) is 14.3. The number of aromatic nitrogens is 1. The molecule has 0 radical (unpaired) electrons. The van der Waals surface area contributed by atoms with E-state index in [1.165, 1.54) is 22.7 Å². The van der Waals surface area contributed by atoms with Crippen molar-refractivity contribution < 1.29 is 4.79 Å². The molecular weight excluding hydrogens is 302 g/mol. The summed E-state index contributed by atoms with van der Waals surface area (Å²) >= 11 is 8.63. The lowest BCUT2D eigenvalue weighted by atomic mass is 10.3. The Bertz CT molecular complexity index is 594. The Morgan fingerprint density at radius 2 is 2.21 bits per heavy atom. The van der Waals surface area contributed by atoms with Crippen molar-refractivity contribution in [1.29, 1.82) is 0 Å². The second-order valence-electron chi connectivity index (χ2n) is 3.99. The Morgan fingerprint density at radius 1 is 1.47 bits per heavy atom. The van der Waals surface area contributed by atoms with Crippen LogP contribution in [0.3, 0.4) is 0 Å². The number of anilines is 1. The van der Waals surface area contributed by atoms with Gasteiger partial charge in [-0.25, -0.2) is 4.98 Å². The molecule has 102 valence electrons. The number of nitrogen functional groups attached to an aromatic ring is 1. The van der Waals surface area contributed by atoms with Gasteiger partial charge in [0.15, 0.2) is 5.13 Å². The minimum atomic E-state index is -0.0290.